The van der Waals surface area contributed by atoms with Crippen LogP contribution in [0.15, 0.2) is 54.6 Å². The third-order valence-corrected chi connectivity index (χ3v) is 4.23. The number of para-hydroxylation sites is 1. The Morgan fingerprint density at radius 3 is 2.48 bits per heavy atom. The largest absolute Gasteiger partial charge is 0.481 e. The van der Waals surface area contributed by atoms with Crippen molar-refractivity contribution >= 4 is 17.6 Å². The molecule has 0 saturated heterocycles. The number of carboxylic acids is 1. The van der Waals surface area contributed by atoms with Crippen molar-refractivity contribution < 1.29 is 14.7 Å². The molecule has 0 heterocycles. The normalized spacial score (nSPS) is 19.1. The molecule has 2 atom stereocenters. The maximum atomic E-state index is 12.2. The van der Waals surface area contributed by atoms with Gasteiger partial charge in [0.05, 0.1) is 6.42 Å². The number of carbonyl (C=O) groups is 2. The predicted molar refractivity (Wildman–Crippen MR) is 88.3 cm³/mol. The van der Waals surface area contributed by atoms with Crippen LogP contribution in [0.3, 0.4) is 0 Å². The fraction of sp³-hybridized carbons (Fsp3) is 0.263. The van der Waals surface area contributed by atoms with Crippen molar-refractivity contribution in [3.63, 3.8) is 0 Å². The molecule has 1 aliphatic carbocycles. The monoisotopic (exact) mass is 309 g/mol. The number of benzene rings is 2. The van der Waals surface area contributed by atoms with E-state index < -0.39 is 5.97 Å². The summed E-state index contributed by atoms with van der Waals surface area (Å²) in [5, 5.41) is 11.8. The summed E-state index contributed by atoms with van der Waals surface area (Å²) in [6, 6.07) is 17.3. The van der Waals surface area contributed by atoms with Gasteiger partial charge in [0.2, 0.25) is 5.91 Å². The van der Waals surface area contributed by atoms with Crippen LogP contribution in [0, 0.1) is 5.92 Å². The van der Waals surface area contributed by atoms with Crippen LogP contribution in [0.5, 0.6) is 0 Å². The van der Waals surface area contributed by atoms with Crippen LogP contribution in [-0.4, -0.2) is 17.0 Å². The molecule has 3 rings (SSSR count). The molecule has 2 N–H and O–H groups in total. The molecule has 0 aliphatic heterocycles. The van der Waals surface area contributed by atoms with Gasteiger partial charge in [-0.05, 0) is 35.4 Å². The molecule has 118 valence electrons. The number of hydrogen-bond donors (Lipinski definition) is 2. The van der Waals surface area contributed by atoms with Gasteiger partial charge in [-0.15, -0.1) is 0 Å². The van der Waals surface area contributed by atoms with E-state index in [4.69, 9.17) is 5.11 Å². The molecule has 1 amide bonds. The van der Waals surface area contributed by atoms with Crippen LogP contribution in [0.4, 0.5) is 5.69 Å². The summed E-state index contributed by atoms with van der Waals surface area (Å²) in [7, 11) is 0. The van der Waals surface area contributed by atoms with Crippen molar-refractivity contribution in [3.05, 3.63) is 65.7 Å². The average Bonchev–Trinajstić information content (AvgIpc) is 3.29. The molecule has 0 aromatic heterocycles. The van der Waals surface area contributed by atoms with Crippen molar-refractivity contribution in [2.75, 3.05) is 5.32 Å². The number of anilines is 1. The highest BCUT2D eigenvalue weighted by atomic mass is 16.4. The van der Waals surface area contributed by atoms with Gasteiger partial charge in [0, 0.05) is 12.1 Å². The van der Waals surface area contributed by atoms with Gasteiger partial charge in [-0.3, -0.25) is 9.59 Å². The van der Waals surface area contributed by atoms with Crippen molar-refractivity contribution in [3.8, 4) is 0 Å². The number of amides is 1. The van der Waals surface area contributed by atoms with Crippen molar-refractivity contribution in [2.24, 2.45) is 5.92 Å². The van der Waals surface area contributed by atoms with E-state index in [1.165, 1.54) is 5.56 Å². The quantitative estimate of drug-likeness (QED) is 0.859. The number of rotatable bonds is 6. The fourth-order valence-corrected chi connectivity index (χ4v) is 2.98. The second-order valence-corrected chi connectivity index (χ2v) is 5.99. The van der Waals surface area contributed by atoms with Crippen LogP contribution in [0.2, 0.25) is 0 Å². The third-order valence-electron chi connectivity index (χ3n) is 4.23. The Kier molecular flexibility index (Phi) is 4.42. The lowest BCUT2D eigenvalue weighted by molar-refractivity contribution is -0.136. The summed E-state index contributed by atoms with van der Waals surface area (Å²) in [5.74, 6) is -0.107. The molecule has 1 aliphatic rings. The van der Waals surface area contributed by atoms with Crippen LogP contribution in [-0.2, 0) is 16.0 Å². The van der Waals surface area contributed by atoms with E-state index in [9.17, 15) is 9.59 Å². The molecule has 0 bridgehead atoms. The molecular weight excluding hydrogens is 290 g/mol. The fourth-order valence-electron chi connectivity index (χ4n) is 2.98. The zero-order valence-electron chi connectivity index (χ0n) is 12.7. The average molecular weight is 309 g/mol. The molecule has 0 radical (unpaired) electrons. The maximum Gasteiger partial charge on any atom is 0.307 e. The summed E-state index contributed by atoms with van der Waals surface area (Å²) in [6.45, 7) is 0. The molecule has 4 nitrogen and oxygen atoms in total. The van der Waals surface area contributed by atoms with Gasteiger partial charge < -0.3 is 10.4 Å². The van der Waals surface area contributed by atoms with E-state index in [0.29, 0.717) is 29.5 Å². The number of carbonyl (C=O) groups excluding carboxylic acids is 1. The van der Waals surface area contributed by atoms with Crippen molar-refractivity contribution in [1.29, 1.82) is 0 Å². The molecule has 1 saturated carbocycles. The van der Waals surface area contributed by atoms with E-state index in [0.717, 1.165) is 6.42 Å². The van der Waals surface area contributed by atoms with Gasteiger partial charge in [-0.2, -0.15) is 0 Å². The van der Waals surface area contributed by atoms with Crippen LogP contribution < -0.4 is 5.32 Å². The van der Waals surface area contributed by atoms with Gasteiger partial charge in [0.15, 0.2) is 0 Å². The highest BCUT2D eigenvalue weighted by Crippen LogP contribution is 2.49. The van der Waals surface area contributed by atoms with Crippen molar-refractivity contribution in [2.45, 2.75) is 25.2 Å². The molecular formula is C19H19NO3. The van der Waals surface area contributed by atoms with E-state index in [1.807, 2.05) is 18.2 Å². The summed E-state index contributed by atoms with van der Waals surface area (Å²) < 4.78 is 0. The SMILES string of the molecule is O=C(O)Cc1ccccc1NC(=O)C[C@@H]1C[C@H]1c1ccccc1. The Hall–Kier alpha value is -2.62. The second kappa shape index (κ2) is 6.65. The lowest BCUT2D eigenvalue weighted by Crippen LogP contribution is -2.14. The number of carboxylic acid groups (broad SMARTS) is 1. The third kappa shape index (κ3) is 3.97. The lowest BCUT2D eigenvalue weighted by atomic mass is 10.1. The van der Waals surface area contributed by atoms with E-state index in [-0.39, 0.29) is 12.3 Å². The molecule has 0 spiro atoms. The van der Waals surface area contributed by atoms with Gasteiger partial charge in [-0.25, -0.2) is 0 Å². The molecule has 1 fully saturated rings. The first-order valence-corrected chi connectivity index (χ1v) is 7.78. The molecule has 2 aromatic carbocycles. The van der Waals surface area contributed by atoms with E-state index in [1.54, 1.807) is 24.3 Å². The van der Waals surface area contributed by atoms with E-state index >= 15 is 0 Å². The zero-order valence-corrected chi connectivity index (χ0v) is 12.7. The molecule has 2 aromatic rings. The second-order valence-electron chi connectivity index (χ2n) is 5.99. The number of nitrogens with one attached hydrogen (secondary N) is 1. The Morgan fingerprint density at radius 1 is 1.04 bits per heavy atom. The minimum Gasteiger partial charge on any atom is -0.481 e. The van der Waals surface area contributed by atoms with Crippen LogP contribution in [0.1, 0.15) is 29.9 Å². The molecule has 0 unspecified atom stereocenters. The summed E-state index contributed by atoms with van der Waals surface area (Å²) in [6.07, 6.45) is 1.42. The highest BCUT2D eigenvalue weighted by molar-refractivity contribution is 5.92. The first-order chi connectivity index (χ1) is 11.1. The minimum absolute atomic E-state index is 0.0498. The topological polar surface area (TPSA) is 66.4 Å². The maximum absolute atomic E-state index is 12.2. The van der Waals surface area contributed by atoms with Gasteiger partial charge in [-0.1, -0.05) is 48.5 Å². The minimum atomic E-state index is -0.905. The first kappa shape index (κ1) is 15.3. The first-order valence-electron chi connectivity index (χ1n) is 7.78. The summed E-state index contributed by atoms with van der Waals surface area (Å²) >= 11 is 0. The van der Waals surface area contributed by atoms with Crippen LogP contribution >= 0.6 is 0 Å². The number of hydrogen-bond acceptors (Lipinski definition) is 2. The lowest BCUT2D eigenvalue weighted by Gasteiger charge is -2.09. The smallest absolute Gasteiger partial charge is 0.307 e. The summed E-state index contributed by atoms with van der Waals surface area (Å²) in [4.78, 5) is 23.1. The Morgan fingerprint density at radius 2 is 1.74 bits per heavy atom. The van der Waals surface area contributed by atoms with Crippen LogP contribution in [0.25, 0.3) is 0 Å². The van der Waals surface area contributed by atoms with E-state index in [2.05, 4.69) is 17.4 Å². The summed E-state index contributed by atoms with van der Waals surface area (Å²) in [5.41, 5.74) is 2.51. The predicted octanol–water partition coefficient (Wildman–Crippen LogP) is 3.45. The standard InChI is InChI=1S/C19H19NO3/c21-18(11-15-10-16(15)13-6-2-1-3-7-13)20-17-9-5-4-8-14(17)12-19(22)23/h1-9,15-16H,10-12H2,(H,20,21)(H,22,23)/t15-,16-/m0/s1. The highest BCUT2D eigenvalue weighted by Gasteiger charge is 2.39. The number of aliphatic carboxylic acids is 1. The van der Waals surface area contributed by atoms with Gasteiger partial charge >= 0.3 is 5.97 Å². The van der Waals surface area contributed by atoms with Gasteiger partial charge in [0.25, 0.3) is 0 Å². The van der Waals surface area contributed by atoms with Gasteiger partial charge in [0.1, 0.15) is 0 Å². The Bertz CT molecular complexity index is 712. The molecule has 4 heteroatoms. The van der Waals surface area contributed by atoms with Crippen molar-refractivity contribution in [1.82, 2.24) is 0 Å². The Labute approximate surface area is 135 Å². The molecule has 23 heavy (non-hydrogen) atoms. The zero-order chi connectivity index (χ0) is 16.2. The Balaban J connectivity index is 1.58.